The highest BCUT2D eigenvalue weighted by Crippen LogP contribution is 2.23. The molecule has 3 rings (SSSR count). The number of benzene rings is 2. The van der Waals surface area contributed by atoms with E-state index in [2.05, 4.69) is 5.32 Å². The Bertz CT molecular complexity index is 1010. The Hall–Kier alpha value is -3.28. The molecule has 1 amide bonds. The van der Waals surface area contributed by atoms with Gasteiger partial charge in [-0.05, 0) is 29.8 Å². The van der Waals surface area contributed by atoms with Crippen LogP contribution in [0.4, 0.5) is 0 Å². The van der Waals surface area contributed by atoms with Gasteiger partial charge >= 0.3 is 0 Å². The lowest BCUT2D eigenvalue weighted by atomic mass is 10.1. The fourth-order valence-electron chi connectivity index (χ4n) is 2.88. The molecule has 0 aliphatic carbocycles. The number of methoxy groups -OCH3 is 2. The molecule has 0 aliphatic rings. The molecule has 0 spiro atoms. The molecule has 0 bridgehead atoms. The van der Waals surface area contributed by atoms with Crippen molar-refractivity contribution in [1.82, 2.24) is 9.88 Å². The molecule has 6 heteroatoms. The molecule has 0 atom stereocenters. The van der Waals surface area contributed by atoms with E-state index in [1.54, 1.807) is 44.0 Å². The largest absolute Gasteiger partial charge is 0.497 e. The number of pyridine rings is 1. The number of rotatable bonds is 5. The van der Waals surface area contributed by atoms with E-state index in [1.165, 1.54) is 6.20 Å². The van der Waals surface area contributed by atoms with E-state index in [-0.39, 0.29) is 11.0 Å². The van der Waals surface area contributed by atoms with Crippen molar-refractivity contribution in [3.05, 3.63) is 70.0 Å². The molecule has 134 valence electrons. The lowest BCUT2D eigenvalue weighted by molar-refractivity contribution is 0.0949. The van der Waals surface area contributed by atoms with E-state index in [0.717, 1.165) is 11.3 Å². The van der Waals surface area contributed by atoms with Gasteiger partial charge in [0, 0.05) is 19.8 Å². The Morgan fingerprint density at radius 3 is 2.46 bits per heavy atom. The Kier molecular flexibility index (Phi) is 4.93. The van der Waals surface area contributed by atoms with Crippen molar-refractivity contribution in [3.8, 4) is 11.5 Å². The van der Waals surface area contributed by atoms with Gasteiger partial charge in [0.1, 0.15) is 17.1 Å². The molecular formula is C20H20N2O4. The number of aromatic nitrogens is 1. The molecule has 1 heterocycles. The summed E-state index contributed by atoms with van der Waals surface area (Å²) >= 11 is 0. The summed E-state index contributed by atoms with van der Waals surface area (Å²) in [5, 5.41) is 3.24. The average Bonchev–Trinajstić information content (AvgIpc) is 2.68. The van der Waals surface area contributed by atoms with Gasteiger partial charge in [0.05, 0.1) is 25.1 Å². The molecule has 0 radical (unpaired) electrons. The van der Waals surface area contributed by atoms with Crippen molar-refractivity contribution in [2.75, 3.05) is 14.2 Å². The maximum atomic E-state index is 12.7. The fraction of sp³-hybridized carbons (Fsp3) is 0.200. The maximum Gasteiger partial charge on any atom is 0.257 e. The highest BCUT2D eigenvalue weighted by Gasteiger charge is 2.16. The lowest BCUT2D eigenvalue weighted by Crippen LogP contribution is -2.29. The van der Waals surface area contributed by atoms with Crippen LogP contribution in [-0.4, -0.2) is 24.7 Å². The normalized spacial score (nSPS) is 10.6. The van der Waals surface area contributed by atoms with Gasteiger partial charge in [0.2, 0.25) is 5.43 Å². The fourth-order valence-corrected chi connectivity index (χ4v) is 2.88. The molecule has 0 saturated heterocycles. The number of para-hydroxylation sites is 1. The smallest absolute Gasteiger partial charge is 0.257 e. The van der Waals surface area contributed by atoms with E-state index in [1.807, 2.05) is 24.3 Å². The minimum Gasteiger partial charge on any atom is -0.497 e. The SMILES string of the molecule is COc1ccc(CNC(=O)c2cn(C)c3c(OC)cccc3c2=O)cc1. The quantitative estimate of drug-likeness (QED) is 0.766. The number of carbonyl (C=O) groups is 1. The highest BCUT2D eigenvalue weighted by molar-refractivity contribution is 5.98. The molecule has 0 fully saturated rings. The predicted molar refractivity (Wildman–Crippen MR) is 99.9 cm³/mol. The zero-order valence-corrected chi connectivity index (χ0v) is 14.9. The predicted octanol–water partition coefficient (Wildman–Crippen LogP) is 2.49. The van der Waals surface area contributed by atoms with Gasteiger partial charge in [-0.1, -0.05) is 18.2 Å². The summed E-state index contributed by atoms with van der Waals surface area (Å²) in [5.41, 5.74) is 1.36. The van der Waals surface area contributed by atoms with Crippen LogP contribution >= 0.6 is 0 Å². The second-order valence-electron chi connectivity index (χ2n) is 5.87. The van der Waals surface area contributed by atoms with Crippen LogP contribution < -0.4 is 20.2 Å². The van der Waals surface area contributed by atoms with Crippen LogP contribution in [0, 0.1) is 0 Å². The molecule has 3 aromatic rings. The van der Waals surface area contributed by atoms with Crippen LogP contribution in [0.5, 0.6) is 11.5 Å². The summed E-state index contributed by atoms with van der Waals surface area (Å²) in [7, 11) is 4.93. The van der Waals surface area contributed by atoms with Crippen molar-refractivity contribution in [2.24, 2.45) is 7.05 Å². The van der Waals surface area contributed by atoms with E-state index in [4.69, 9.17) is 9.47 Å². The number of amides is 1. The number of fused-ring (bicyclic) bond motifs is 1. The topological polar surface area (TPSA) is 69.6 Å². The number of hydrogen-bond donors (Lipinski definition) is 1. The van der Waals surface area contributed by atoms with Gasteiger partial charge < -0.3 is 19.4 Å². The molecule has 1 aromatic heterocycles. The Labute approximate surface area is 151 Å². The molecule has 0 aliphatic heterocycles. The maximum absolute atomic E-state index is 12.7. The molecule has 26 heavy (non-hydrogen) atoms. The van der Waals surface area contributed by atoms with Crippen molar-refractivity contribution in [2.45, 2.75) is 6.54 Å². The monoisotopic (exact) mass is 352 g/mol. The van der Waals surface area contributed by atoms with Gasteiger partial charge in [-0.3, -0.25) is 9.59 Å². The summed E-state index contributed by atoms with van der Waals surface area (Å²) in [4.78, 5) is 25.3. The third-order valence-electron chi connectivity index (χ3n) is 4.24. The third kappa shape index (κ3) is 3.26. The van der Waals surface area contributed by atoms with Crippen molar-refractivity contribution in [3.63, 3.8) is 0 Å². The Balaban J connectivity index is 1.88. The standard InChI is InChI=1S/C20H20N2O4/c1-22-12-16(19(23)15-5-4-6-17(26-3)18(15)22)20(24)21-11-13-7-9-14(25-2)10-8-13/h4-10,12H,11H2,1-3H3,(H,21,24). The summed E-state index contributed by atoms with van der Waals surface area (Å²) in [5.74, 6) is 0.927. The number of nitrogens with one attached hydrogen (secondary N) is 1. The van der Waals surface area contributed by atoms with E-state index < -0.39 is 5.91 Å². The first-order valence-electron chi connectivity index (χ1n) is 8.12. The van der Waals surface area contributed by atoms with Gasteiger partial charge in [0.25, 0.3) is 5.91 Å². The van der Waals surface area contributed by atoms with Gasteiger partial charge in [-0.15, -0.1) is 0 Å². The van der Waals surface area contributed by atoms with Gasteiger partial charge in [0.15, 0.2) is 0 Å². The molecule has 0 unspecified atom stereocenters. The summed E-state index contributed by atoms with van der Waals surface area (Å²) in [6.07, 6.45) is 1.54. The first-order chi connectivity index (χ1) is 12.5. The third-order valence-corrected chi connectivity index (χ3v) is 4.24. The number of hydrogen-bond acceptors (Lipinski definition) is 4. The zero-order valence-electron chi connectivity index (χ0n) is 14.9. The van der Waals surface area contributed by atoms with Crippen LogP contribution in [0.15, 0.2) is 53.5 Å². The van der Waals surface area contributed by atoms with Crippen LogP contribution in [0.25, 0.3) is 10.9 Å². The number of aryl methyl sites for hydroxylation is 1. The number of nitrogens with zero attached hydrogens (tertiary/aromatic N) is 1. The first-order valence-corrected chi connectivity index (χ1v) is 8.12. The number of ether oxygens (including phenoxy) is 2. The highest BCUT2D eigenvalue weighted by atomic mass is 16.5. The van der Waals surface area contributed by atoms with Crippen molar-refractivity contribution < 1.29 is 14.3 Å². The van der Waals surface area contributed by atoms with Gasteiger partial charge in [-0.2, -0.15) is 0 Å². The van der Waals surface area contributed by atoms with Gasteiger partial charge in [-0.25, -0.2) is 0 Å². The minimum absolute atomic E-state index is 0.0989. The van der Waals surface area contributed by atoms with Crippen LogP contribution in [0.2, 0.25) is 0 Å². The molecule has 6 nitrogen and oxygen atoms in total. The van der Waals surface area contributed by atoms with E-state index in [0.29, 0.717) is 23.2 Å². The van der Waals surface area contributed by atoms with E-state index in [9.17, 15) is 9.59 Å². The Morgan fingerprint density at radius 2 is 1.81 bits per heavy atom. The molecular weight excluding hydrogens is 332 g/mol. The minimum atomic E-state index is -0.411. The van der Waals surface area contributed by atoms with Crippen molar-refractivity contribution >= 4 is 16.8 Å². The van der Waals surface area contributed by atoms with Crippen LogP contribution in [0.3, 0.4) is 0 Å². The zero-order chi connectivity index (χ0) is 18.7. The lowest BCUT2D eigenvalue weighted by Gasteiger charge is -2.12. The average molecular weight is 352 g/mol. The summed E-state index contributed by atoms with van der Waals surface area (Å²) in [6.45, 7) is 0.322. The molecule has 2 aromatic carbocycles. The summed E-state index contributed by atoms with van der Waals surface area (Å²) in [6, 6.07) is 12.6. The number of carbonyl (C=O) groups excluding carboxylic acids is 1. The molecule has 1 N–H and O–H groups in total. The van der Waals surface area contributed by atoms with Crippen LogP contribution in [0.1, 0.15) is 15.9 Å². The first kappa shape index (κ1) is 17.5. The summed E-state index contributed by atoms with van der Waals surface area (Å²) < 4.78 is 12.2. The van der Waals surface area contributed by atoms with Crippen LogP contribution in [-0.2, 0) is 13.6 Å². The van der Waals surface area contributed by atoms with E-state index >= 15 is 0 Å². The second kappa shape index (κ2) is 7.31. The Morgan fingerprint density at radius 1 is 1.08 bits per heavy atom. The van der Waals surface area contributed by atoms with Crippen molar-refractivity contribution in [1.29, 1.82) is 0 Å². The molecule has 0 saturated carbocycles. The second-order valence-corrected chi connectivity index (χ2v) is 5.87.